The average molecular weight is 331 g/mol. The topological polar surface area (TPSA) is 62.5 Å². The van der Waals surface area contributed by atoms with Crippen molar-refractivity contribution in [2.75, 3.05) is 14.2 Å². The highest BCUT2D eigenvalue weighted by Crippen LogP contribution is 2.43. The van der Waals surface area contributed by atoms with Gasteiger partial charge >= 0.3 is 7.60 Å². The summed E-state index contributed by atoms with van der Waals surface area (Å²) in [5.74, 6) is 0. The standard InChI is InChI=1S/C13H16ClN2O4P/c1-4-15-9-12(21(18,19-2)20-3)13(17)16(15)11-7-5-10(14)6-8-11/h5-9H,4H2,1-3H3. The summed E-state index contributed by atoms with van der Waals surface area (Å²) < 4.78 is 25.3. The van der Waals surface area contributed by atoms with Gasteiger partial charge in [0.15, 0.2) is 0 Å². The maximum absolute atomic E-state index is 12.6. The number of hydrogen-bond acceptors (Lipinski definition) is 4. The number of rotatable bonds is 5. The second kappa shape index (κ2) is 6.20. The molecule has 0 unspecified atom stereocenters. The maximum Gasteiger partial charge on any atom is 0.368 e. The summed E-state index contributed by atoms with van der Waals surface area (Å²) in [7, 11) is -1.10. The van der Waals surface area contributed by atoms with Crippen LogP contribution in [-0.4, -0.2) is 23.6 Å². The molecule has 114 valence electrons. The van der Waals surface area contributed by atoms with Gasteiger partial charge in [-0.3, -0.25) is 14.0 Å². The molecule has 0 saturated carbocycles. The first-order valence-electron chi connectivity index (χ1n) is 6.27. The molecule has 0 saturated heterocycles. The molecule has 6 nitrogen and oxygen atoms in total. The van der Waals surface area contributed by atoms with Crippen LogP contribution in [0.25, 0.3) is 5.69 Å². The Hall–Kier alpha value is -1.33. The Bertz CT molecular complexity index is 728. The van der Waals surface area contributed by atoms with Gasteiger partial charge in [-0.15, -0.1) is 0 Å². The second-order valence-corrected chi connectivity index (χ2v) is 6.87. The van der Waals surface area contributed by atoms with Crippen LogP contribution in [0.15, 0.2) is 35.3 Å². The van der Waals surface area contributed by atoms with E-state index in [2.05, 4.69) is 0 Å². The van der Waals surface area contributed by atoms with Crippen molar-refractivity contribution < 1.29 is 13.6 Å². The van der Waals surface area contributed by atoms with Gasteiger partial charge < -0.3 is 9.05 Å². The van der Waals surface area contributed by atoms with E-state index in [1.54, 1.807) is 28.9 Å². The van der Waals surface area contributed by atoms with Crippen LogP contribution < -0.4 is 10.9 Å². The van der Waals surface area contributed by atoms with E-state index in [-0.39, 0.29) is 5.30 Å². The maximum atomic E-state index is 12.6. The van der Waals surface area contributed by atoms with Crippen molar-refractivity contribution in [1.82, 2.24) is 9.36 Å². The van der Waals surface area contributed by atoms with Crippen LogP contribution in [0.3, 0.4) is 0 Å². The van der Waals surface area contributed by atoms with Crippen molar-refractivity contribution >= 4 is 24.5 Å². The number of aromatic nitrogens is 2. The first-order valence-corrected chi connectivity index (χ1v) is 8.19. The molecule has 1 aromatic carbocycles. The van der Waals surface area contributed by atoms with Gasteiger partial charge in [0.05, 0.1) is 5.69 Å². The first-order chi connectivity index (χ1) is 9.96. The molecule has 0 aliphatic rings. The second-order valence-electron chi connectivity index (χ2n) is 4.23. The van der Waals surface area contributed by atoms with Gasteiger partial charge in [0.1, 0.15) is 5.30 Å². The largest absolute Gasteiger partial charge is 0.368 e. The monoisotopic (exact) mass is 330 g/mol. The Morgan fingerprint density at radius 1 is 1.19 bits per heavy atom. The van der Waals surface area contributed by atoms with Crippen LogP contribution in [0.2, 0.25) is 5.02 Å². The first kappa shape index (κ1) is 16.0. The summed E-state index contributed by atoms with van der Waals surface area (Å²) in [5, 5.41) is 0.574. The number of halogens is 1. The Morgan fingerprint density at radius 3 is 2.24 bits per heavy atom. The van der Waals surface area contributed by atoms with Crippen LogP contribution >= 0.6 is 19.2 Å². The lowest BCUT2D eigenvalue weighted by Gasteiger charge is -2.09. The summed E-state index contributed by atoms with van der Waals surface area (Å²) in [6.45, 7) is 2.39. The molecule has 0 N–H and O–H groups in total. The molecule has 0 radical (unpaired) electrons. The van der Waals surface area contributed by atoms with Crippen LogP contribution in [0.4, 0.5) is 0 Å². The summed E-state index contributed by atoms with van der Waals surface area (Å²) in [6.07, 6.45) is 1.49. The van der Waals surface area contributed by atoms with Gasteiger partial charge in [-0.25, -0.2) is 4.68 Å². The van der Waals surface area contributed by atoms with Crippen molar-refractivity contribution in [1.29, 1.82) is 0 Å². The fraction of sp³-hybridized carbons (Fsp3) is 0.308. The minimum Gasteiger partial charge on any atom is -0.308 e. The number of aryl methyl sites for hydroxylation is 1. The minimum absolute atomic E-state index is 0.00398. The van der Waals surface area contributed by atoms with Gasteiger partial charge in [0.2, 0.25) is 0 Å². The highest BCUT2D eigenvalue weighted by Gasteiger charge is 2.31. The van der Waals surface area contributed by atoms with E-state index in [0.29, 0.717) is 17.3 Å². The normalized spacial score (nSPS) is 11.8. The van der Waals surface area contributed by atoms with E-state index in [1.807, 2.05) is 6.92 Å². The number of benzene rings is 1. The van der Waals surface area contributed by atoms with Crippen LogP contribution in [0, 0.1) is 0 Å². The van der Waals surface area contributed by atoms with Crippen LogP contribution in [0.5, 0.6) is 0 Å². The van der Waals surface area contributed by atoms with Crippen molar-refractivity contribution in [3.05, 3.63) is 45.8 Å². The number of nitrogens with zero attached hydrogens (tertiary/aromatic N) is 2. The molecule has 2 rings (SSSR count). The Morgan fingerprint density at radius 2 is 1.76 bits per heavy atom. The molecule has 0 aliphatic heterocycles. The van der Waals surface area contributed by atoms with Crippen molar-refractivity contribution in [2.45, 2.75) is 13.5 Å². The molecule has 2 aromatic rings. The predicted molar refractivity (Wildman–Crippen MR) is 82.0 cm³/mol. The van der Waals surface area contributed by atoms with Crippen molar-refractivity contribution in [2.24, 2.45) is 0 Å². The Kier molecular flexibility index (Phi) is 4.74. The van der Waals surface area contributed by atoms with E-state index in [0.717, 1.165) is 0 Å². The van der Waals surface area contributed by atoms with E-state index < -0.39 is 13.2 Å². The van der Waals surface area contributed by atoms with Gasteiger partial charge in [-0.05, 0) is 31.2 Å². The third-order valence-electron chi connectivity index (χ3n) is 3.11. The van der Waals surface area contributed by atoms with Gasteiger partial charge in [-0.2, -0.15) is 0 Å². The van der Waals surface area contributed by atoms with Crippen LogP contribution in [-0.2, 0) is 20.2 Å². The zero-order valence-electron chi connectivity index (χ0n) is 11.9. The molecule has 21 heavy (non-hydrogen) atoms. The fourth-order valence-corrected chi connectivity index (χ4v) is 3.29. The Balaban J connectivity index is 2.68. The minimum atomic E-state index is -3.60. The SMILES string of the molecule is CCn1cc(P(=O)(OC)OC)c(=O)n1-c1ccc(Cl)cc1. The predicted octanol–water partition coefficient (Wildman–Crippen LogP) is 2.42. The van der Waals surface area contributed by atoms with Gasteiger partial charge in [0, 0.05) is 32.0 Å². The molecule has 0 amide bonds. The summed E-state index contributed by atoms with van der Waals surface area (Å²) in [4.78, 5) is 12.6. The lowest BCUT2D eigenvalue weighted by molar-refractivity contribution is 0.287. The van der Waals surface area contributed by atoms with Crippen molar-refractivity contribution in [3.63, 3.8) is 0 Å². The van der Waals surface area contributed by atoms with Gasteiger partial charge in [-0.1, -0.05) is 11.6 Å². The molecule has 0 fully saturated rings. The average Bonchev–Trinajstić information content (AvgIpc) is 2.85. The summed E-state index contributed by atoms with van der Waals surface area (Å²) in [5.41, 5.74) is 0.183. The third-order valence-corrected chi connectivity index (χ3v) is 5.22. The molecule has 1 aromatic heterocycles. The van der Waals surface area contributed by atoms with Gasteiger partial charge in [0.25, 0.3) is 5.56 Å². The highest BCUT2D eigenvalue weighted by molar-refractivity contribution is 7.62. The van der Waals surface area contributed by atoms with E-state index in [1.165, 1.54) is 25.1 Å². The van der Waals surface area contributed by atoms with Crippen LogP contribution in [0.1, 0.15) is 6.92 Å². The zero-order valence-corrected chi connectivity index (χ0v) is 13.6. The molecule has 0 bridgehead atoms. The quantitative estimate of drug-likeness (QED) is 0.790. The summed E-state index contributed by atoms with van der Waals surface area (Å²) >= 11 is 5.86. The molecule has 8 heteroatoms. The third kappa shape index (κ3) is 2.85. The summed E-state index contributed by atoms with van der Waals surface area (Å²) in [6, 6.07) is 6.79. The van der Waals surface area contributed by atoms with E-state index in [4.69, 9.17) is 20.6 Å². The molecule has 1 heterocycles. The molecular weight excluding hydrogens is 315 g/mol. The van der Waals surface area contributed by atoms with E-state index >= 15 is 0 Å². The fourth-order valence-electron chi connectivity index (χ4n) is 2.02. The lowest BCUT2D eigenvalue weighted by atomic mass is 10.3. The molecular formula is C13H16ClN2O4P. The highest BCUT2D eigenvalue weighted by atomic mass is 35.5. The van der Waals surface area contributed by atoms with Crippen molar-refractivity contribution in [3.8, 4) is 5.69 Å². The molecule has 0 atom stereocenters. The lowest BCUT2D eigenvalue weighted by Crippen LogP contribution is -2.29. The zero-order chi connectivity index (χ0) is 15.6. The van der Waals surface area contributed by atoms with E-state index in [9.17, 15) is 9.36 Å². The number of hydrogen-bond donors (Lipinski definition) is 0. The molecule has 0 spiro atoms. The Labute approximate surface area is 127 Å². The molecule has 0 aliphatic carbocycles. The smallest absolute Gasteiger partial charge is 0.308 e.